The molecular formula is C18H29N7O2. The Morgan fingerprint density at radius 3 is 2.89 bits per heavy atom. The topological polar surface area (TPSA) is 87.9 Å². The van der Waals surface area contributed by atoms with Crippen LogP contribution in [0.2, 0.25) is 0 Å². The molecule has 0 aromatic carbocycles. The van der Waals surface area contributed by atoms with E-state index < -0.39 is 5.60 Å². The minimum atomic E-state index is -0.468. The quantitative estimate of drug-likeness (QED) is 0.830. The number of hydrogen-bond donors (Lipinski definition) is 1. The molecular weight excluding hydrogens is 346 g/mol. The zero-order valence-electron chi connectivity index (χ0n) is 16.4. The number of guanidine groups is 1. The van der Waals surface area contributed by atoms with E-state index >= 15 is 0 Å². The lowest BCUT2D eigenvalue weighted by molar-refractivity contribution is 0.0137. The molecule has 4 rings (SSSR count). The average Bonchev–Trinajstić information content (AvgIpc) is 3.22. The Labute approximate surface area is 159 Å². The Hall–Kier alpha value is -2.32. The highest BCUT2D eigenvalue weighted by atomic mass is 16.6. The minimum absolute atomic E-state index is 0.209. The fraction of sp³-hybridized carbons (Fsp3) is 0.778. The molecule has 1 N–H and O–H groups in total. The van der Waals surface area contributed by atoms with E-state index in [1.165, 1.54) is 12.8 Å². The molecule has 3 aliphatic rings. The maximum Gasteiger partial charge on any atom is 0.410 e. The normalized spacial score (nSPS) is 22.2. The number of piperazine rings is 1. The Morgan fingerprint density at radius 1 is 1.22 bits per heavy atom. The van der Waals surface area contributed by atoms with Gasteiger partial charge in [-0.25, -0.2) is 4.79 Å². The Kier molecular flexibility index (Phi) is 4.69. The van der Waals surface area contributed by atoms with Gasteiger partial charge in [-0.2, -0.15) is 0 Å². The monoisotopic (exact) mass is 375 g/mol. The van der Waals surface area contributed by atoms with E-state index in [2.05, 4.69) is 30.0 Å². The Bertz CT molecular complexity index is 737. The molecule has 148 valence electrons. The summed E-state index contributed by atoms with van der Waals surface area (Å²) >= 11 is 0. The van der Waals surface area contributed by atoms with Gasteiger partial charge in [0.1, 0.15) is 11.4 Å². The fourth-order valence-corrected chi connectivity index (χ4v) is 3.88. The molecule has 1 atom stereocenters. The minimum Gasteiger partial charge on any atom is -0.444 e. The molecule has 0 saturated carbocycles. The molecule has 0 aliphatic carbocycles. The summed E-state index contributed by atoms with van der Waals surface area (Å²) in [6.07, 6.45) is 3.16. The summed E-state index contributed by atoms with van der Waals surface area (Å²) < 4.78 is 7.73. The van der Waals surface area contributed by atoms with Crippen LogP contribution in [0.25, 0.3) is 0 Å². The Morgan fingerprint density at radius 2 is 2.07 bits per heavy atom. The van der Waals surface area contributed by atoms with Crippen molar-refractivity contribution in [3.8, 4) is 0 Å². The Balaban J connectivity index is 1.32. The number of hydrogen-bond acceptors (Lipinski definition) is 7. The smallest absolute Gasteiger partial charge is 0.410 e. The average molecular weight is 375 g/mol. The van der Waals surface area contributed by atoms with Crippen molar-refractivity contribution in [1.29, 1.82) is 0 Å². The van der Waals surface area contributed by atoms with E-state index in [1.807, 2.05) is 20.8 Å². The summed E-state index contributed by atoms with van der Waals surface area (Å²) in [5.41, 5.74) is -0.468. The van der Waals surface area contributed by atoms with Crippen molar-refractivity contribution < 1.29 is 9.53 Å². The maximum absolute atomic E-state index is 12.3. The van der Waals surface area contributed by atoms with Crippen LogP contribution >= 0.6 is 0 Å². The molecule has 9 heteroatoms. The van der Waals surface area contributed by atoms with Crippen molar-refractivity contribution >= 4 is 12.1 Å². The highest BCUT2D eigenvalue weighted by molar-refractivity contribution is 5.82. The van der Waals surface area contributed by atoms with Gasteiger partial charge in [0.15, 0.2) is 11.8 Å². The van der Waals surface area contributed by atoms with Crippen LogP contribution in [0.5, 0.6) is 0 Å². The third kappa shape index (κ3) is 3.86. The summed E-state index contributed by atoms with van der Waals surface area (Å²) in [6, 6.07) is 0.209. The molecule has 1 unspecified atom stereocenters. The van der Waals surface area contributed by atoms with Crippen LogP contribution in [-0.2, 0) is 24.2 Å². The number of aryl methyl sites for hydroxylation is 1. The molecule has 9 nitrogen and oxygen atoms in total. The van der Waals surface area contributed by atoms with Crippen molar-refractivity contribution in [2.45, 2.75) is 64.8 Å². The highest BCUT2D eigenvalue weighted by Crippen LogP contribution is 2.19. The van der Waals surface area contributed by atoms with Crippen LogP contribution in [0.3, 0.4) is 0 Å². The summed E-state index contributed by atoms with van der Waals surface area (Å²) in [5, 5.41) is 12.1. The molecule has 1 fully saturated rings. The van der Waals surface area contributed by atoms with Crippen molar-refractivity contribution in [1.82, 2.24) is 29.9 Å². The first-order chi connectivity index (χ1) is 12.9. The summed E-state index contributed by atoms with van der Waals surface area (Å²) in [5.74, 6) is 2.97. The van der Waals surface area contributed by atoms with Crippen molar-refractivity contribution in [3.63, 3.8) is 0 Å². The second kappa shape index (κ2) is 7.01. The van der Waals surface area contributed by atoms with Crippen molar-refractivity contribution in [2.24, 2.45) is 4.99 Å². The van der Waals surface area contributed by atoms with Crippen LogP contribution in [0.4, 0.5) is 4.79 Å². The van der Waals surface area contributed by atoms with Crippen LogP contribution in [-0.4, -0.2) is 74.4 Å². The SMILES string of the molecule is CC(C)(C)OC(=O)N1CCN2C(NCc3nnc4n3CCCC4)=NCC2C1. The second-order valence-electron chi connectivity index (χ2n) is 8.43. The number of aliphatic imine (C=N–C) groups is 1. The zero-order chi connectivity index (χ0) is 19.0. The number of carbonyl (C=O) groups excluding carboxylic acids is 1. The van der Waals surface area contributed by atoms with Crippen molar-refractivity contribution in [3.05, 3.63) is 11.6 Å². The van der Waals surface area contributed by atoms with E-state index in [1.54, 1.807) is 4.90 Å². The predicted molar refractivity (Wildman–Crippen MR) is 100 cm³/mol. The van der Waals surface area contributed by atoms with E-state index in [9.17, 15) is 4.79 Å². The predicted octanol–water partition coefficient (Wildman–Crippen LogP) is 0.995. The van der Waals surface area contributed by atoms with Gasteiger partial charge in [-0.05, 0) is 33.6 Å². The molecule has 0 bridgehead atoms. The maximum atomic E-state index is 12.3. The summed E-state index contributed by atoms with van der Waals surface area (Å²) in [7, 11) is 0. The molecule has 1 aromatic rings. The highest BCUT2D eigenvalue weighted by Gasteiger charge is 2.36. The van der Waals surface area contributed by atoms with Gasteiger partial charge in [-0.3, -0.25) is 4.99 Å². The molecule has 1 saturated heterocycles. The number of ether oxygens (including phenoxy) is 1. The third-order valence-corrected chi connectivity index (χ3v) is 5.20. The van der Waals surface area contributed by atoms with Gasteiger partial charge in [0.25, 0.3) is 0 Å². The molecule has 0 spiro atoms. The van der Waals surface area contributed by atoms with Crippen LogP contribution in [0.15, 0.2) is 4.99 Å². The largest absolute Gasteiger partial charge is 0.444 e. The first-order valence-corrected chi connectivity index (χ1v) is 9.84. The molecule has 0 radical (unpaired) electrons. The number of amides is 1. The van der Waals surface area contributed by atoms with Crippen molar-refractivity contribution in [2.75, 3.05) is 26.2 Å². The second-order valence-corrected chi connectivity index (χ2v) is 8.43. The van der Waals surface area contributed by atoms with E-state index in [-0.39, 0.29) is 12.1 Å². The van der Waals surface area contributed by atoms with Gasteiger partial charge in [-0.1, -0.05) is 0 Å². The standard InChI is InChI=1S/C18H29N7O2/c1-18(2,3)27-17(26)23-8-9-24-13(12-23)10-19-16(24)20-11-15-22-21-14-6-4-5-7-25(14)15/h13H,4-12H2,1-3H3,(H,19,20). The number of aromatic nitrogens is 3. The summed E-state index contributed by atoms with van der Waals surface area (Å²) in [4.78, 5) is 21.0. The van der Waals surface area contributed by atoms with E-state index in [0.29, 0.717) is 26.2 Å². The van der Waals surface area contributed by atoms with Gasteiger partial charge in [0.05, 0.1) is 19.1 Å². The number of nitrogens with one attached hydrogen (secondary N) is 1. The molecule has 4 heterocycles. The van der Waals surface area contributed by atoms with Gasteiger partial charge >= 0.3 is 6.09 Å². The lowest BCUT2D eigenvalue weighted by Crippen LogP contribution is -2.57. The van der Waals surface area contributed by atoms with Gasteiger partial charge < -0.3 is 24.4 Å². The van der Waals surface area contributed by atoms with E-state index in [0.717, 1.165) is 37.1 Å². The first-order valence-electron chi connectivity index (χ1n) is 9.84. The van der Waals surface area contributed by atoms with Gasteiger partial charge in [-0.15, -0.1) is 10.2 Å². The number of nitrogens with zero attached hydrogens (tertiary/aromatic N) is 6. The number of carbonyl (C=O) groups is 1. The summed E-state index contributed by atoms with van der Waals surface area (Å²) in [6.45, 7) is 10.1. The number of rotatable bonds is 2. The molecule has 1 amide bonds. The van der Waals surface area contributed by atoms with E-state index in [4.69, 9.17) is 4.74 Å². The first kappa shape index (κ1) is 18.1. The van der Waals surface area contributed by atoms with Gasteiger partial charge in [0, 0.05) is 32.6 Å². The molecule has 1 aromatic heterocycles. The lowest BCUT2D eigenvalue weighted by atomic mass is 10.2. The molecule has 3 aliphatic heterocycles. The van der Waals surface area contributed by atoms with Crippen LogP contribution in [0.1, 0.15) is 45.3 Å². The van der Waals surface area contributed by atoms with Crippen LogP contribution < -0.4 is 5.32 Å². The fourth-order valence-electron chi connectivity index (χ4n) is 3.88. The molecule has 27 heavy (non-hydrogen) atoms. The number of fused-ring (bicyclic) bond motifs is 2. The zero-order valence-corrected chi connectivity index (χ0v) is 16.4. The lowest BCUT2D eigenvalue weighted by Gasteiger charge is -2.39. The third-order valence-electron chi connectivity index (χ3n) is 5.20. The van der Waals surface area contributed by atoms with Crippen LogP contribution in [0, 0.1) is 0 Å². The van der Waals surface area contributed by atoms with Gasteiger partial charge in [0.2, 0.25) is 0 Å².